The summed E-state index contributed by atoms with van der Waals surface area (Å²) in [6.45, 7) is 9.82. The van der Waals surface area contributed by atoms with Gasteiger partial charge in [0.1, 0.15) is 5.82 Å². The van der Waals surface area contributed by atoms with Crippen LogP contribution in [0, 0.1) is 25.7 Å². The average Bonchev–Trinajstić information content (AvgIpc) is 3.24. The van der Waals surface area contributed by atoms with Crippen LogP contribution in [0.15, 0.2) is 30.5 Å². The van der Waals surface area contributed by atoms with Crippen molar-refractivity contribution < 1.29 is 4.79 Å². The Labute approximate surface area is 155 Å². The number of rotatable bonds is 3. The average molecular weight is 352 g/mol. The van der Waals surface area contributed by atoms with Crippen LogP contribution in [0.3, 0.4) is 0 Å². The Morgan fingerprint density at radius 3 is 2.62 bits per heavy atom. The summed E-state index contributed by atoms with van der Waals surface area (Å²) in [5.41, 5.74) is 3.86. The maximum atomic E-state index is 12.3. The molecule has 5 nitrogen and oxygen atoms in total. The van der Waals surface area contributed by atoms with Crippen molar-refractivity contribution in [2.45, 2.75) is 33.4 Å². The lowest BCUT2D eigenvalue weighted by Gasteiger charge is -2.30. The van der Waals surface area contributed by atoms with Crippen LogP contribution in [0.1, 0.15) is 35.6 Å². The molecule has 0 N–H and O–H groups in total. The molecule has 3 heterocycles. The molecule has 0 bridgehead atoms. The normalized spacial score (nSPS) is 25.7. The van der Waals surface area contributed by atoms with Crippen LogP contribution in [0.25, 0.3) is 0 Å². The Morgan fingerprint density at radius 1 is 1.19 bits per heavy atom. The number of amides is 1. The van der Waals surface area contributed by atoms with Crippen molar-refractivity contribution in [3.8, 4) is 0 Å². The standard InChI is InChI=1S/C21H28N4O/c1-14-7-5-6-8-19(14)21-20-13-24(10-17(20)11-25(21)16(3)26)12-18-9-22-15(2)23(18)4/h5-9,17,20-21H,10-13H2,1-4H3/t17-,20-,21-/m1/s1. The van der Waals surface area contributed by atoms with Gasteiger partial charge in [0, 0.05) is 52.3 Å². The number of imidazole rings is 1. The van der Waals surface area contributed by atoms with Crippen molar-refractivity contribution in [1.29, 1.82) is 0 Å². The van der Waals surface area contributed by atoms with Crippen LogP contribution in [0.2, 0.25) is 0 Å². The topological polar surface area (TPSA) is 41.4 Å². The first-order chi connectivity index (χ1) is 12.5. The molecule has 2 aliphatic rings. The number of nitrogens with zero attached hydrogens (tertiary/aromatic N) is 4. The molecule has 0 saturated carbocycles. The van der Waals surface area contributed by atoms with Gasteiger partial charge in [-0.1, -0.05) is 24.3 Å². The summed E-state index contributed by atoms with van der Waals surface area (Å²) < 4.78 is 2.18. The minimum absolute atomic E-state index is 0.196. The van der Waals surface area contributed by atoms with Crippen molar-refractivity contribution in [2.75, 3.05) is 19.6 Å². The summed E-state index contributed by atoms with van der Waals surface area (Å²) in [6.07, 6.45) is 1.99. The fourth-order valence-electron chi connectivity index (χ4n) is 4.83. The summed E-state index contributed by atoms with van der Waals surface area (Å²) in [7, 11) is 2.09. The molecule has 0 radical (unpaired) electrons. The van der Waals surface area contributed by atoms with E-state index >= 15 is 0 Å². The van der Waals surface area contributed by atoms with Crippen LogP contribution < -0.4 is 0 Å². The van der Waals surface area contributed by atoms with Crippen LogP contribution in [0.5, 0.6) is 0 Å². The van der Waals surface area contributed by atoms with Gasteiger partial charge < -0.3 is 9.47 Å². The van der Waals surface area contributed by atoms with Crippen molar-refractivity contribution >= 4 is 5.91 Å². The number of hydrogen-bond acceptors (Lipinski definition) is 3. The first-order valence-electron chi connectivity index (χ1n) is 9.48. The fraction of sp³-hybridized carbons (Fsp3) is 0.524. The molecule has 0 aliphatic carbocycles. The van der Waals surface area contributed by atoms with Gasteiger partial charge in [0.15, 0.2) is 0 Å². The van der Waals surface area contributed by atoms with E-state index in [2.05, 4.69) is 57.6 Å². The second-order valence-corrected chi connectivity index (χ2v) is 7.95. The molecule has 1 amide bonds. The summed E-state index contributed by atoms with van der Waals surface area (Å²) in [6, 6.07) is 8.74. The largest absolute Gasteiger partial charge is 0.335 e. The Morgan fingerprint density at radius 2 is 1.96 bits per heavy atom. The summed E-state index contributed by atoms with van der Waals surface area (Å²) in [5, 5.41) is 0. The predicted molar refractivity (Wildman–Crippen MR) is 102 cm³/mol. The highest BCUT2D eigenvalue weighted by atomic mass is 16.2. The maximum absolute atomic E-state index is 12.3. The van der Waals surface area contributed by atoms with E-state index in [1.54, 1.807) is 6.92 Å². The minimum atomic E-state index is 0.196. The lowest BCUT2D eigenvalue weighted by molar-refractivity contribution is -0.130. The van der Waals surface area contributed by atoms with Crippen molar-refractivity contribution in [3.63, 3.8) is 0 Å². The first-order valence-corrected chi connectivity index (χ1v) is 9.48. The molecule has 3 atom stereocenters. The molecule has 0 unspecified atom stereocenters. The van der Waals surface area contributed by atoms with Gasteiger partial charge in [-0.05, 0) is 30.9 Å². The van der Waals surface area contributed by atoms with Crippen LogP contribution in [-0.4, -0.2) is 44.9 Å². The van der Waals surface area contributed by atoms with Gasteiger partial charge in [-0.25, -0.2) is 4.98 Å². The zero-order valence-corrected chi connectivity index (χ0v) is 16.1. The second kappa shape index (κ2) is 6.54. The minimum Gasteiger partial charge on any atom is -0.335 e. The highest BCUT2D eigenvalue weighted by Crippen LogP contribution is 2.46. The van der Waals surface area contributed by atoms with Gasteiger partial charge >= 0.3 is 0 Å². The second-order valence-electron chi connectivity index (χ2n) is 7.95. The molecule has 4 rings (SSSR count). The van der Waals surface area contributed by atoms with Gasteiger partial charge in [0.25, 0.3) is 0 Å². The molecule has 1 aromatic heterocycles. The number of carbonyl (C=O) groups is 1. The first kappa shape index (κ1) is 17.3. The molecule has 1 aromatic carbocycles. The molecule has 2 aromatic rings. The van der Waals surface area contributed by atoms with E-state index in [-0.39, 0.29) is 11.9 Å². The van der Waals surface area contributed by atoms with Gasteiger partial charge in [-0.15, -0.1) is 0 Å². The number of aryl methyl sites for hydroxylation is 2. The zero-order chi connectivity index (χ0) is 18.4. The number of benzene rings is 1. The predicted octanol–water partition coefficient (Wildman–Crippen LogP) is 2.69. The lowest BCUT2D eigenvalue weighted by Crippen LogP contribution is -2.34. The van der Waals surface area contributed by atoms with Gasteiger partial charge in [-0.2, -0.15) is 0 Å². The van der Waals surface area contributed by atoms with Crippen molar-refractivity contribution in [2.24, 2.45) is 18.9 Å². The van der Waals surface area contributed by atoms with Gasteiger partial charge in [0.05, 0.1) is 11.7 Å². The molecule has 26 heavy (non-hydrogen) atoms. The molecule has 138 valence electrons. The van der Waals surface area contributed by atoms with E-state index in [9.17, 15) is 4.79 Å². The van der Waals surface area contributed by atoms with E-state index in [0.29, 0.717) is 11.8 Å². The third-order valence-corrected chi connectivity index (χ3v) is 6.35. The van der Waals surface area contributed by atoms with Crippen LogP contribution in [0.4, 0.5) is 0 Å². The molecular formula is C21H28N4O. The van der Waals surface area contributed by atoms with E-state index in [4.69, 9.17) is 0 Å². The Hall–Kier alpha value is -2.14. The SMILES string of the molecule is CC(=O)N1C[C@H]2CN(Cc3cnc(C)n3C)C[C@H]2[C@H]1c1ccccc1C. The Balaban J connectivity index is 1.58. The number of carbonyl (C=O) groups excluding carboxylic acids is 1. The molecule has 5 heteroatoms. The monoisotopic (exact) mass is 352 g/mol. The molecule has 0 spiro atoms. The molecule has 2 saturated heterocycles. The van der Waals surface area contributed by atoms with E-state index in [1.807, 2.05) is 13.1 Å². The van der Waals surface area contributed by atoms with E-state index < -0.39 is 0 Å². The smallest absolute Gasteiger partial charge is 0.219 e. The Bertz CT molecular complexity index is 827. The number of fused-ring (bicyclic) bond motifs is 1. The highest BCUT2D eigenvalue weighted by molar-refractivity contribution is 5.74. The van der Waals surface area contributed by atoms with Gasteiger partial charge in [0.2, 0.25) is 5.91 Å². The number of hydrogen-bond donors (Lipinski definition) is 0. The van der Waals surface area contributed by atoms with Crippen molar-refractivity contribution in [3.05, 3.63) is 53.1 Å². The fourth-order valence-corrected chi connectivity index (χ4v) is 4.83. The van der Waals surface area contributed by atoms with Gasteiger partial charge in [-0.3, -0.25) is 9.69 Å². The zero-order valence-electron chi connectivity index (χ0n) is 16.1. The van der Waals surface area contributed by atoms with Crippen molar-refractivity contribution in [1.82, 2.24) is 19.4 Å². The summed E-state index contributed by atoms with van der Waals surface area (Å²) >= 11 is 0. The lowest BCUT2D eigenvalue weighted by atomic mass is 9.87. The third-order valence-electron chi connectivity index (χ3n) is 6.35. The number of aromatic nitrogens is 2. The third kappa shape index (κ3) is 2.84. The highest BCUT2D eigenvalue weighted by Gasteiger charge is 2.48. The molecule has 2 aliphatic heterocycles. The molecule has 2 fully saturated rings. The molecular weight excluding hydrogens is 324 g/mol. The summed E-state index contributed by atoms with van der Waals surface area (Å²) in [4.78, 5) is 21.4. The Kier molecular flexibility index (Phi) is 4.35. The van der Waals surface area contributed by atoms with Crippen LogP contribution >= 0.6 is 0 Å². The van der Waals surface area contributed by atoms with E-state index in [1.165, 1.54) is 16.8 Å². The van der Waals surface area contributed by atoms with E-state index in [0.717, 1.165) is 32.0 Å². The summed E-state index contributed by atoms with van der Waals surface area (Å²) in [5.74, 6) is 2.31. The van der Waals surface area contributed by atoms with Crippen LogP contribution in [-0.2, 0) is 18.4 Å². The quantitative estimate of drug-likeness (QED) is 0.853. The number of likely N-dealkylation sites (tertiary alicyclic amines) is 2. The maximum Gasteiger partial charge on any atom is 0.219 e.